The lowest BCUT2D eigenvalue weighted by atomic mass is 10.0. The van der Waals surface area contributed by atoms with Gasteiger partial charge in [0.05, 0.1) is 24.9 Å². The Hall–Kier alpha value is -2.51. The van der Waals surface area contributed by atoms with Gasteiger partial charge in [-0.2, -0.15) is 4.98 Å². The molecule has 3 heterocycles. The van der Waals surface area contributed by atoms with Crippen LogP contribution in [0.1, 0.15) is 22.9 Å². The first kappa shape index (κ1) is 16.9. The number of aryl methyl sites for hydroxylation is 2. The van der Waals surface area contributed by atoms with Gasteiger partial charge < -0.3 is 14.6 Å². The molecule has 0 spiro atoms. The van der Waals surface area contributed by atoms with Gasteiger partial charge in [-0.05, 0) is 19.4 Å². The minimum absolute atomic E-state index is 0.240. The number of ether oxygens (including phenoxy) is 1. The normalized spacial score (nSPS) is 16.7. The van der Waals surface area contributed by atoms with Crippen LogP contribution in [-0.4, -0.2) is 52.9 Å². The first-order valence-corrected chi connectivity index (χ1v) is 8.91. The van der Waals surface area contributed by atoms with Gasteiger partial charge in [-0.3, -0.25) is 4.90 Å². The number of aromatic nitrogens is 3. The van der Waals surface area contributed by atoms with E-state index in [-0.39, 0.29) is 6.04 Å². The highest BCUT2D eigenvalue weighted by Gasteiger charge is 2.23. The Morgan fingerprint density at radius 1 is 1.19 bits per heavy atom. The topological polar surface area (TPSA) is 76.3 Å². The lowest BCUT2D eigenvalue weighted by Crippen LogP contribution is -2.41. The summed E-state index contributed by atoms with van der Waals surface area (Å²) in [5, 5.41) is 8.34. The van der Waals surface area contributed by atoms with Crippen molar-refractivity contribution in [3.63, 3.8) is 0 Å². The summed E-state index contributed by atoms with van der Waals surface area (Å²) in [6, 6.07) is 8.92. The van der Waals surface area contributed by atoms with E-state index in [0.717, 1.165) is 49.7 Å². The van der Waals surface area contributed by atoms with Crippen molar-refractivity contribution in [3.05, 3.63) is 47.4 Å². The SMILES string of the molecule is Cc1cccc(C(CNc2ncnc3onc(C)c23)N2CCOCC2)c1. The maximum atomic E-state index is 5.53. The van der Waals surface area contributed by atoms with Gasteiger partial charge in [0.15, 0.2) is 0 Å². The van der Waals surface area contributed by atoms with E-state index >= 15 is 0 Å². The van der Waals surface area contributed by atoms with Gasteiger partial charge in [-0.25, -0.2) is 4.98 Å². The van der Waals surface area contributed by atoms with Crippen LogP contribution in [0.25, 0.3) is 11.1 Å². The Balaban J connectivity index is 1.61. The lowest BCUT2D eigenvalue weighted by Gasteiger charge is -2.35. The van der Waals surface area contributed by atoms with Gasteiger partial charge in [-0.1, -0.05) is 35.0 Å². The molecular formula is C19H23N5O2. The third kappa shape index (κ3) is 3.40. The average molecular weight is 353 g/mol. The van der Waals surface area contributed by atoms with Crippen LogP contribution in [0.3, 0.4) is 0 Å². The van der Waals surface area contributed by atoms with Crippen molar-refractivity contribution in [2.75, 3.05) is 38.2 Å². The molecule has 1 aliphatic heterocycles. The van der Waals surface area contributed by atoms with Gasteiger partial charge in [0.2, 0.25) is 0 Å². The highest BCUT2D eigenvalue weighted by Crippen LogP contribution is 2.26. The van der Waals surface area contributed by atoms with Crippen LogP contribution >= 0.6 is 0 Å². The number of hydrogen-bond acceptors (Lipinski definition) is 7. The Morgan fingerprint density at radius 3 is 2.85 bits per heavy atom. The van der Waals surface area contributed by atoms with E-state index in [4.69, 9.17) is 9.26 Å². The number of benzene rings is 1. The molecule has 0 bridgehead atoms. The summed E-state index contributed by atoms with van der Waals surface area (Å²) in [6.07, 6.45) is 1.51. The Morgan fingerprint density at radius 2 is 2.04 bits per heavy atom. The number of hydrogen-bond donors (Lipinski definition) is 1. The summed E-state index contributed by atoms with van der Waals surface area (Å²) in [7, 11) is 0. The Labute approximate surface area is 152 Å². The van der Waals surface area contributed by atoms with Gasteiger partial charge in [0.25, 0.3) is 5.71 Å². The third-order valence-corrected chi connectivity index (χ3v) is 4.82. The van der Waals surface area contributed by atoms with E-state index in [9.17, 15) is 0 Å². The fourth-order valence-electron chi connectivity index (χ4n) is 3.47. The average Bonchev–Trinajstić information content (AvgIpc) is 3.05. The van der Waals surface area contributed by atoms with Crippen molar-refractivity contribution in [2.24, 2.45) is 0 Å². The quantitative estimate of drug-likeness (QED) is 0.756. The molecule has 3 aromatic rings. The van der Waals surface area contributed by atoms with Gasteiger partial charge >= 0.3 is 0 Å². The highest BCUT2D eigenvalue weighted by atomic mass is 16.5. The Kier molecular flexibility index (Phi) is 4.81. The molecule has 7 nitrogen and oxygen atoms in total. The molecule has 0 amide bonds. The largest absolute Gasteiger partial charge is 0.379 e. The summed E-state index contributed by atoms with van der Waals surface area (Å²) >= 11 is 0. The van der Waals surface area contributed by atoms with E-state index in [2.05, 4.69) is 56.5 Å². The molecule has 136 valence electrons. The summed E-state index contributed by atoms with van der Waals surface area (Å²) < 4.78 is 10.8. The number of fused-ring (bicyclic) bond motifs is 1. The molecule has 1 unspecified atom stereocenters. The van der Waals surface area contributed by atoms with Crippen molar-refractivity contribution in [3.8, 4) is 0 Å². The third-order valence-electron chi connectivity index (χ3n) is 4.82. The molecule has 2 aromatic heterocycles. The number of rotatable bonds is 5. The molecule has 1 aliphatic rings. The van der Waals surface area contributed by atoms with Crippen LogP contribution in [0.2, 0.25) is 0 Å². The molecule has 1 aromatic carbocycles. The summed E-state index contributed by atoms with van der Waals surface area (Å²) in [5.74, 6) is 0.764. The molecular weight excluding hydrogens is 330 g/mol. The van der Waals surface area contributed by atoms with Crippen molar-refractivity contribution in [1.29, 1.82) is 0 Å². The van der Waals surface area contributed by atoms with Crippen molar-refractivity contribution in [1.82, 2.24) is 20.0 Å². The first-order valence-electron chi connectivity index (χ1n) is 8.91. The molecule has 1 N–H and O–H groups in total. The van der Waals surface area contributed by atoms with Crippen LogP contribution in [0.15, 0.2) is 35.1 Å². The zero-order chi connectivity index (χ0) is 17.9. The maximum absolute atomic E-state index is 5.53. The standard InChI is InChI=1S/C19H23N5O2/c1-13-4-3-5-15(10-13)16(24-6-8-25-9-7-24)11-20-18-17-14(2)23-26-19(17)22-12-21-18/h3-5,10,12,16H,6-9,11H2,1-2H3,(H,20,21,22). The van der Waals surface area contributed by atoms with Crippen LogP contribution in [0, 0.1) is 13.8 Å². The van der Waals surface area contributed by atoms with E-state index in [1.807, 2.05) is 6.92 Å². The van der Waals surface area contributed by atoms with E-state index in [0.29, 0.717) is 5.71 Å². The predicted octanol–water partition coefficient (Wildman–Crippen LogP) is 2.72. The van der Waals surface area contributed by atoms with Crippen LogP contribution in [-0.2, 0) is 4.74 Å². The number of nitrogens with zero attached hydrogens (tertiary/aromatic N) is 4. The minimum Gasteiger partial charge on any atom is -0.379 e. The number of morpholine rings is 1. The molecule has 1 fully saturated rings. The van der Waals surface area contributed by atoms with E-state index in [1.54, 1.807) is 0 Å². The van der Waals surface area contributed by atoms with E-state index < -0.39 is 0 Å². The number of anilines is 1. The fourth-order valence-corrected chi connectivity index (χ4v) is 3.47. The second-order valence-corrected chi connectivity index (χ2v) is 6.63. The fraction of sp³-hybridized carbons (Fsp3) is 0.421. The molecule has 0 radical (unpaired) electrons. The summed E-state index contributed by atoms with van der Waals surface area (Å²) in [4.78, 5) is 11.0. The molecule has 4 rings (SSSR count). The summed E-state index contributed by atoms with van der Waals surface area (Å²) in [6.45, 7) is 8.15. The molecule has 1 atom stereocenters. The predicted molar refractivity (Wildman–Crippen MR) is 99.1 cm³/mol. The highest BCUT2D eigenvalue weighted by molar-refractivity contribution is 5.87. The van der Waals surface area contributed by atoms with Crippen molar-refractivity contribution < 1.29 is 9.26 Å². The van der Waals surface area contributed by atoms with E-state index in [1.165, 1.54) is 17.5 Å². The monoisotopic (exact) mass is 353 g/mol. The van der Waals surface area contributed by atoms with Gasteiger partial charge in [0, 0.05) is 19.6 Å². The molecule has 1 saturated heterocycles. The molecule has 0 aliphatic carbocycles. The first-order chi connectivity index (χ1) is 12.7. The van der Waals surface area contributed by atoms with Crippen molar-refractivity contribution in [2.45, 2.75) is 19.9 Å². The molecule has 7 heteroatoms. The van der Waals surface area contributed by atoms with Gasteiger partial charge in [-0.15, -0.1) is 0 Å². The van der Waals surface area contributed by atoms with Crippen LogP contribution in [0.4, 0.5) is 5.82 Å². The minimum atomic E-state index is 0.240. The number of nitrogens with one attached hydrogen (secondary N) is 1. The smallest absolute Gasteiger partial charge is 0.263 e. The Bertz CT molecular complexity index is 889. The zero-order valence-corrected chi connectivity index (χ0v) is 15.1. The van der Waals surface area contributed by atoms with Gasteiger partial charge in [0.1, 0.15) is 17.5 Å². The second kappa shape index (κ2) is 7.39. The van der Waals surface area contributed by atoms with Crippen LogP contribution in [0.5, 0.6) is 0 Å². The molecule has 0 saturated carbocycles. The van der Waals surface area contributed by atoms with Crippen molar-refractivity contribution >= 4 is 16.9 Å². The van der Waals surface area contributed by atoms with Crippen LogP contribution < -0.4 is 5.32 Å². The lowest BCUT2D eigenvalue weighted by molar-refractivity contribution is 0.0187. The maximum Gasteiger partial charge on any atom is 0.263 e. The summed E-state index contributed by atoms with van der Waals surface area (Å²) in [5.41, 5.74) is 3.87. The second-order valence-electron chi connectivity index (χ2n) is 6.63. The molecule has 26 heavy (non-hydrogen) atoms. The zero-order valence-electron chi connectivity index (χ0n) is 15.1.